The molecule has 166 valence electrons. The van der Waals surface area contributed by atoms with Crippen LogP contribution in [0.5, 0.6) is 0 Å². The number of para-hydroxylation sites is 1. The highest BCUT2D eigenvalue weighted by molar-refractivity contribution is 7.80. The maximum atomic E-state index is 6.61. The van der Waals surface area contributed by atoms with E-state index >= 15 is 0 Å². The minimum atomic E-state index is -0.109. The second kappa shape index (κ2) is 8.82. The number of aryl methyl sites for hydroxylation is 1. The Morgan fingerprint density at radius 1 is 0.939 bits per heavy atom. The van der Waals surface area contributed by atoms with Gasteiger partial charge in [-0.1, -0.05) is 53.5 Å². The van der Waals surface area contributed by atoms with E-state index in [2.05, 4.69) is 51.8 Å². The van der Waals surface area contributed by atoms with Gasteiger partial charge in [0.1, 0.15) is 0 Å². The van der Waals surface area contributed by atoms with Crippen LogP contribution in [0, 0.1) is 13.8 Å². The number of nitrogens with one attached hydrogen (secondary N) is 1. The summed E-state index contributed by atoms with van der Waals surface area (Å²) in [5.74, 6) is 0. The van der Waals surface area contributed by atoms with E-state index in [4.69, 9.17) is 35.4 Å². The Labute approximate surface area is 208 Å². The summed E-state index contributed by atoms with van der Waals surface area (Å²) in [4.78, 5) is 6.83. The molecule has 1 aliphatic rings. The van der Waals surface area contributed by atoms with Gasteiger partial charge in [-0.3, -0.25) is 4.98 Å². The smallest absolute Gasteiger partial charge is 0.174 e. The fourth-order valence-electron chi connectivity index (χ4n) is 4.66. The van der Waals surface area contributed by atoms with E-state index in [1.54, 1.807) is 6.07 Å². The maximum absolute atomic E-state index is 6.61. The quantitative estimate of drug-likeness (QED) is 0.311. The fourth-order valence-corrected chi connectivity index (χ4v) is 5.39. The van der Waals surface area contributed by atoms with Crippen LogP contribution in [0.2, 0.25) is 10.0 Å². The van der Waals surface area contributed by atoms with E-state index in [0.717, 1.165) is 34.0 Å². The number of thiocarbonyl (C=S) groups is 1. The highest BCUT2D eigenvalue weighted by atomic mass is 35.5. The first kappa shape index (κ1) is 22.0. The van der Waals surface area contributed by atoms with Crippen molar-refractivity contribution in [1.82, 2.24) is 14.9 Å². The van der Waals surface area contributed by atoms with Crippen molar-refractivity contribution in [2.24, 2.45) is 0 Å². The Hall–Kier alpha value is -2.86. The van der Waals surface area contributed by atoms with E-state index in [0.29, 0.717) is 15.2 Å². The molecule has 1 aliphatic heterocycles. The molecule has 0 saturated carbocycles. The molecule has 0 bridgehead atoms. The highest BCUT2D eigenvalue weighted by Crippen LogP contribution is 2.44. The summed E-state index contributed by atoms with van der Waals surface area (Å²) < 4.78 is 2.16. The number of aromatic nitrogens is 2. The summed E-state index contributed by atoms with van der Waals surface area (Å²) in [7, 11) is 0. The van der Waals surface area contributed by atoms with E-state index in [1.807, 2.05) is 54.7 Å². The molecule has 0 aliphatic carbocycles. The van der Waals surface area contributed by atoms with Crippen LogP contribution in [-0.4, -0.2) is 14.7 Å². The Balaban J connectivity index is 1.70. The highest BCUT2D eigenvalue weighted by Gasteiger charge is 2.42. The summed E-state index contributed by atoms with van der Waals surface area (Å²) in [5.41, 5.74) is 6.13. The predicted octanol–water partition coefficient (Wildman–Crippen LogP) is 6.97. The molecule has 0 radical (unpaired) electrons. The minimum Gasteiger partial charge on any atom is -0.351 e. The molecule has 4 nitrogen and oxygen atoms in total. The van der Waals surface area contributed by atoms with Gasteiger partial charge in [-0.15, -0.1) is 0 Å². The second-order valence-electron chi connectivity index (χ2n) is 8.07. The first-order valence-electron chi connectivity index (χ1n) is 10.7. The van der Waals surface area contributed by atoms with E-state index in [9.17, 15) is 0 Å². The molecule has 4 aromatic rings. The first-order chi connectivity index (χ1) is 16.0. The number of hydrogen-bond donors (Lipinski definition) is 1. The lowest BCUT2D eigenvalue weighted by molar-refractivity contribution is 0.565. The van der Waals surface area contributed by atoms with Gasteiger partial charge >= 0.3 is 0 Å². The molecule has 7 heteroatoms. The first-order valence-corrected chi connectivity index (χ1v) is 11.8. The van der Waals surface area contributed by atoms with Crippen LogP contribution in [0.4, 0.5) is 5.69 Å². The molecule has 5 rings (SSSR count). The molecule has 2 aromatic carbocycles. The average molecular weight is 493 g/mol. The number of hydrogen-bond acceptors (Lipinski definition) is 2. The number of benzene rings is 2. The van der Waals surface area contributed by atoms with Crippen molar-refractivity contribution in [3.8, 4) is 5.69 Å². The van der Waals surface area contributed by atoms with Crippen molar-refractivity contribution in [3.05, 3.63) is 112 Å². The van der Waals surface area contributed by atoms with Crippen LogP contribution in [0.1, 0.15) is 34.7 Å². The number of nitrogens with zero attached hydrogens (tertiary/aromatic N) is 3. The van der Waals surface area contributed by atoms with Crippen molar-refractivity contribution in [3.63, 3.8) is 0 Å². The summed E-state index contributed by atoms with van der Waals surface area (Å²) in [6.45, 7) is 4.19. The molecule has 33 heavy (non-hydrogen) atoms. The van der Waals surface area contributed by atoms with Crippen LogP contribution < -0.4 is 10.2 Å². The minimum absolute atomic E-state index is 0.0901. The van der Waals surface area contributed by atoms with E-state index in [1.165, 1.54) is 0 Å². The van der Waals surface area contributed by atoms with Crippen LogP contribution >= 0.6 is 35.4 Å². The van der Waals surface area contributed by atoms with E-state index in [-0.39, 0.29) is 12.1 Å². The summed E-state index contributed by atoms with van der Waals surface area (Å²) in [6, 6.07) is 23.9. The van der Waals surface area contributed by atoms with Gasteiger partial charge in [-0.2, -0.15) is 0 Å². The number of halogens is 2. The summed E-state index contributed by atoms with van der Waals surface area (Å²) >= 11 is 18.8. The number of pyridine rings is 1. The van der Waals surface area contributed by atoms with Gasteiger partial charge in [0.2, 0.25) is 0 Å². The Kier molecular flexibility index (Phi) is 5.87. The van der Waals surface area contributed by atoms with Gasteiger partial charge in [0, 0.05) is 23.3 Å². The third-order valence-corrected chi connectivity index (χ3v) is 7.22. The molecule has 0 spiro atoms. The van der Waals surface area contributed by atoms with Crippen LogP contribution in [-0.2, 0) is 0 Å². The molecular formula is C26H22Cl2N4S. The van der Waals surface area contributed by atoms with Crippen LogP contribution in [0.25, 0.3) is 5.69 Å². The lowest BCUT2D eigenvalue weighted by Crippen LogP contribution is -2.29. The largest absolute Gasteiger partial charge is 0.351 e. The van der Waals surface area contributed by atoms with Gasteiger partial charge in [-0.25, -0.2) is 0 Å². The molecule has 1 fully saturated rings. The number of anilines is 1. The molecule has 1 saturated heterocycles. The molecule has 0 unspecified atom stereocenters. The molecule has 1 N–H and O–H groups in total. The zero-order valence-electron chi connectivity index (χ0n) is 18.2. The van der Waals surface area contributed by atoms with Crippen molar-refractivity contribution < 1.29 is 0 Å². The zero-order valence-corrected chi connectivity index (χ0v) is 20.5. The van der Waals surface area contributed by atoms with Gasteiger partial charge in [0.05, 0.1) is 33.5 Å². The summed E-state index contributed by atoms with van der Waals surface area (Å²) in [5, 5.41) is 5.26. The van der Waals surface area contributed by atoms with E-state index < -0.39 is 0 Å². The van der Waals surface area contributed by atoms with Gasteiger partial charge in [0.25, 0.3) is 0 Å². The SMILES string of the molecule is Cc1cc([C@H]2[C@@H](c3ccccn3)NC(=S)N2c2ccccc2)c(C)n1-c1cccc(Cl)c1Cl. The second-order valence-corrected chi connectivity index (χ2v) is 9.24. The van der Waals surface area contributed by atoms with Crippen molar-refractivity contribution in [1.29, 1.82) is 0 Å². The number of rotatable bonds is 4. The lowest BCUT2D eigenvalue weighted by Gasteiger charge is -2.28. The third kappa shape index (κ3) is 3.80. The zero-order chi connectivity index (χ0) is 23.1. The third-order valence-electron chi connectivity index (χ3n) is 6.09. The topological polar surface area (TPSA) is 33.1 Å². The van der Waals surface area contributed by atoms with Gasteiger partial charge in [0.15, 0.2) is 5.11 Å². The molecule has 0 amide bonds. The molecule has 3 heterocycles. The Morgan fingerprint density at radius 2 is 1.70 bits per heavy atom. The van der Waals surface area contributed by atoms with Crippen LogP contribution in [0.3, 0.4) is 0 Å². The normalized spacial score (nSPS) is 17.9. The van der Waals surface area contributed by atoms with Crippen molar-refractivity contribution >= 4 is 46.2 Å². The molecular weight excluding hydrogens is 471 g/mol. The predicted molar refractivity (Wildman–Crippen MR) is 140 cm³/mol. The van der Waals surface area contributed by atoms with Crippen molar-refractivity contribution in [2.45, 2.75) is 25.9 Å². The summed E-state index contributed by atoms with van der Waals surface area (Å²) in [6.07, 6.45) is 1.82. The van der Waals surface area contributed by atoms with Gasteiger partial charge < -0.3 is 14.8 Å². The van der Waals surface area contributed by atoms with Crippen molar-refractivity contribution in [2.75, 3.05) is 4.90 Å². The Morgan fingerprint density at radius 3 is 2.42 bits per heavy atom. The van der Waals surface area contributed by atoms with Crippen LogP contribution in [0.15, 0.2) is 79.0 Å². The monoisotopic (exact) mass is 492 g/mol. The standard InChI is InChI=1S/C26H22Cl2N4S/c1-16-15-19(17(2)31(16)22-13-8-11-20(27)23(22)28)25-24(21-12-6-7-14-29-21)30-26(33)32(25)18-9-4-3-5-10-18/h3-15,24-25H,1-2H3,(H,30,33)/t24-,25+/m1/s1. The average Bonchev–Trinajstić information content (AvgIpc) is 3.32. The van der Waals surface area contributed by atoms with Gasteiger partial charge in [-0.05, 0) is 74.1 Å². The maximum Gasteiger partial charge on any atom is 0.174 e. The Bertz CT molecular complexity index is 1320. The molecule has 2 aromatic heterocycles. The lowest BCUT2D eigenvalue weighted by atomic mass is 9.96. The fraction of sp³-hybridized carbons (Fsp3) is 0.154. The molecule has 2 atom stereocenters.